The lowest BCUT2D eigenvalue weighted by Gasteiger charge is -2.20. The first-order chi connectivity index (χ1) is 10.6. The molecular weight excluding hydrogens is 346 g/mol. The molecule has 0 aliphatic heterocycles. The minimum absolute atomic E-state index is 0.0214. The summed E-state index contributed by atoms with van der Waals surface area (Å²) >= 11 is 5.91. The summed E-state index contributed by atoms with van der Waals surface area (Å²) < 4.78 is 26.1. The number of halogens is 1. The van der Waals surface area contributed by atoms with E-state index >= 15 is 0 Å². The van der Waals surface area contributed by atoms with Crippen molar-refractivity contribution in [2.24, 2.45) is 0 Å². The van der Waals surface area contributed by atoms with E-state index in [1.807, 2.05) is 0 Å². The standard InChI is InChI=1S/C13H18ClN3O5S/c1-4-15-13(18)8-16(5-2)23(21,22)10-6-11(14)9(3)12(7-10)17(19)20/h6-7H,4-5,8H2,1-3H3,(H,15,18). The molecule has 0 aliphatic rings. The summed E-state index contributed by atoms with van der Waals surface area (Å²) in [4.78, 5) is 21.7. The lowest BCUT2D eigenvalue weighted by Crippen LogP contribution is -2.40. The third-order valence-corrected chi connectivity index (χ3v) is 5.46. The number of nitro groups is 1. The maximum Gasteiger partial charge on any atom is 0.275 e. The van der Waals surface area contributed by atoms with Gasteiger partial charge in [-0.2, -0.15) is 4.31 Å². The van der Waals surface area contributed by atoms with Crippen molar-refractivity contribution in [1.82, 2.24) is 9.62 Å². The summed E-state index contributed by atoms with van der Waals surface area (Å²) in [5, 5.41) is 13.5. The number of rotatable bonds is 7. The Kier molecular flexibility index (Phi) is 6.48. The molecule has 0 saturated carbocycles. The van der Waals surface area contributed by atoms with Crippen molar-refractivity contribution in [3.8, 4) is 0 Å². The van der Waals surface area contributed by atoms with Crippen molar-refractivity contribution in [1.29, 1.82) is 0 Å². The van der Waals surface area contributed by atoms with Crippen LogP contribution in [-0.2, 0) is 14.8 Å². The highest BCUT2D eigenvalue weighted by Gasteiger charge is 2.28. The van der Waals surface area contributed by atoms with E-state index in [9.17, 15) is 23.3 Å². The van der Waals surface area contributed by atoms with E-state index in [1.54, 1.807) is 13.8 Å². The molecule has 0 heterocycles. The average Bonchev–Trinajstić information content (AvgIpc) is 2.46. The molecule has 0 aliphatic carbocycles. The molecule has 0 fully saturated rings. The van der Waals surface area contributed by atoms with E-state index in [4.69, 9.17) is 11.6 Å². The predicted molar refractivity (Wildman–Crippen MR) is 86.0 cm³/mol. The first kappa shape index (κ1) is 19.3. The minimum Gasteiger partial charge on any atom is -0.355 e. The molecule has 128 valence electrons. The number of nitrogens with one attached hydrogen (secondary N) is 1. The maximum absolute atomic E-state index is 12.6. The Balaban J connectivity index is 3.31. The number of carbonyl (C=O) groups excluding carboxylic acids is 1. The van der Waals surface area contributed by atoms with Gasteiger partial charge in [-0.15, -0.1) is 0 Å². The molecule has 0 radical (unpaired) electrons. The Morgan fingerprint density at radius 1 is 1.39 bits per heavy atom. The van der Waals surface area contributed by atoms with Gasteiger partial charge in [-0.25, -0.2) is 8.42 Å². The van der Waals surface area contributed by atoms with Gasteiger partial charge in [0.2, 0.25) is 15.9 Å². The lowest BCUT2D eigenvalue weighted by molar-refractivity contribution is -0.385. The third kappa shape index (κ3) is 4.40. The second kappa shape index (κ2) is 7.71. The Morgan fingerprint density at radius 3 is 2.48 bits per heavy atom. The monoisotopic (exact) mass is 363 g/mol. The van der Waals surface area contributed by atoms with Gasteiger partial charge < -0.3 is 5.32 Å². The second-order valence-corrected chi connectivity index (χ2v) is 7.04. The minimum atomic E-state index is -4.08. The lowest BCUT2D eigenvalue weighted by atomic mass is 10.2. The van der Waals surface area contributed by atoms with Crippen LogP contribution in [0.1, 0.15) is 19.4 Å². The van der Waals surface area contributed by atoms with Gasteiger partial charge in [0.1, 0.15) is 0 Å². The van der Waals surface area contributed by atoms with Crippen LogP contribution in [0.25, 0.3) is 0 Å². The number of benzene rings is 1. The number of carbonyl (C=O) groups is 1. The zero-order valence-electron chi connectivity index (χ0n) is 13.0. The van der Waals surface area contributed by atoms with Gasteiger partial charge in [0.15, 0.2) is 0 Å². The molecule has 10 heteroatoms. The molecule has 23 heavy (non-hydrogen) atoms. The fourth-order valence-corrected chi connectivity index (χ4v) is 3.64. The van der Waals surface area contributed by atoms with Crippen molar-refractivity contribution in [2.45, 2.75) is 25.7 Å². The smallest absolute Gasteiger partial charge is 0.275 e. The number of amides is 1. The quantitative estimate of drug-likeness (QED) is 0.585. The summed E-state index contributed by atoms with van der Waals surface area (Å²) in [6.07, 6.45) is 0. The molecule has 1 aromatic rings. The fraction of sp³-hybridized carbons (Fsp3) is 0.462. The molecule has 0 unspecified atom stereocenters. The van der Waals surface area contributed by atoms with E-state index in [0.717, 1.165) is 16.4 Å². The summed E-state index contributed by atoms with van der Waals surface area (Å²) in [5.74, 6) is -0.453. The van der Waals surface area contributed by atoms with Gasteiger partial charge in [0.05, 0.1) is 21.4 Å². The molecule has 1 rings (SSSR count). The van der Waals surface area contributed by atoms with Crippen molar-refractivity contribution < 1.29 is 18.1 Å². The zero-order chi connectivity index (χ0) is 17.8. The molecule has 1 N–H and O–H groups in total. The number of hydrogen-bond acceptors (Lipinski definition) is 5. The van der Waals surface area contributed by atoms with Crippen LogP contribution >= 0.6 is 11.6 Å². The van der Waals surface area contributed by atoms with Crippen molar-refractivity contribution >= 4 is 33.2 Å². The van der Waals surface area contributed by atoms with Gasteiger partial charge >= 0.3 is 0 Å². The Bertz CT molecular complexity index is 721. The number of likely N-dealkylation sites (N-methyl/N-ethyl adjacent to an activating group) is 2. The van der Waals surface area contributed by atoms with E-state index in [1.165, 1.54) is 6.92 Å². The first-order valence-electron chi connectivity index (χ1n) is 6.86. The van der Waals surface area contributed by atoms with Gasteiger partial charge in [-0.05, 0) is 19.9 Å². The Hall–Kier alpha value is -1.71. The van der Waals surface area contributed by atoms with E-state index in [-0.39, 0.29) is 34.3 Å². The number of hydrogen-bond donors (Lipinski definition) is 1. The van der Waals surface area contributed by atoms with Gasteiger partial charge in [-0.3, -0.25) is 14.9 Å². The van der Waals surface area contributed by atoms with Gasteiger partial charge in [0, 0.05) is 24.7 Å². The molecule has 0 aromatic heterocycles. The molecule has 0 spiro atoms. The molecule has 8 nitrogen and oxygen atoms in total. The third-order valence-electron chi connectivity index (χ3n) is 3.17. The van der Waals surface area contributed by atoms with Crippen LogP contribution in [0.2, 0.25) is 5.02 Å². The Morgan fingerprint density at radius 2 is 2.00 bits per heavy atom. The highest BCUT2D eigenvalue weighted by molar-refractivity contribution is 7.89. The maximum atomic E-state index is 12.6. The van der Waals surface area contributed by atoms with E-state index in [0.29, 0.717) is 6.54 Å². The largest absolute Gasteiger partial charge is 0.355 e. The average molecular weight is 364 g/mol. The molecule has 0 bridgehead atoms. The van der Waals surface area contributed by atoms with Crippen LogP contribution in [0.15, 0.2) is 17.0 Å². The molecular formula is C13H18ClN3O5S. The van der Waals surface area contributed by atoms with Crippen molar-refractivity contribution in [2.75, 3.05) is 19.6 Å². The number of sulfonamides is 1. The SMILES string of the molecule is CCNC(=O)CN(CC)S(=O)(=O)c1cc(Cl)c(C)c([N+](=O)[O-])c1. The predicted octanol–water partition coefficient (Wildman–Crippen LogP) is 1.70. The van der Waals surface area contributed by atoms with Gasteiger partial charge in [-0.1, -0.05) is 18.5 Å². The highest BCUT2D eigenvalue weighted by Crippen LogP contribution is 2.30. The molecule has 0 atom stereocenters. The summed E-state index contributed by atoms with van der Waals surface area (Å²) in [6, 6.07) is 2.11. The second-order valence-electron chi connectivity index (χ2n) is 4.69. The van der Waals surface area contributed by atoms with Crippen LogP contribution in [0.3, 0.4) is 0 Å². The summed E-state index contributed by atoms with van der Waals surface area (Å²) in [6.45, 7) is 4.76. The van der Waals surface area contributed by atoms with Crippen LogP contribution in [0.5, 0.6) is 0 Å². The van der Waals surface area contributed by atoms with Gasteiger partial charge in [0.25, 0.3) is 5.69 Å². The molecule has 1 aromatic carbocycles. The van der Waals surface area contributed by atoms with Crippen LogP contribution in [-0.4, -0.2) is 43.2 Å². The highest BCUT2D eigenvalue weighted by atomic mass is 35.5. The van der Waals surface area contributed by atoms with Crippen LogP contribution in [0, 0.1) is 17.0 Å². The number of nitrogens with zero attached hydrogens (tertiary/aromatic N) is 2. The molecule has 0 saturated heterocycles. The fourth-order valence-electron chi connectivity index (χ4n) is 1.91. The van der Waals surface area contributed by atoms with E-state index < -0.39 is 20.9 Å². The Labute approximate surface area is 139 Å². The van der Waals surface area contributed by atoms with Crippen LogP contribution in [0.4, 0.5) is 5.69 Å². The first-order valence-corrected chi connectivity index (χ1v) is 8.68. The summed E-state index contributed by atoms with van der Waals surface area (Å²) in [5.41, 5.74) is -0.201. The van der Waals surface area contributed by atoms with Crippen molar-refractivity contribution in [3.63, 3.8) is 0 Å². The zero-order valence-corrected chi connectivity index (χ0v) is 14.6. The molecule has 1 amide bonds. The van der Waals surface area contributed by atoms with Crippen molar-refractivity contribution in [3.05, 3.63) is 32.8 Å². The summed E-state index contributed by atoms with van der Waals surface area (Å²) in [7, 11) is -4.08. The van der Waals surface area contributed by atoms with Crippen LogP contribution < -0.4 is 5.32 Å². The van der Waals surface area contributed by atoms with E-state index in [2.05, 4.69) is 5.32 Å². The topological polar surface area (TPSA) is 110 Å². The normalized spacial score (nSPS) is 11.5. The number of nitro benzene ring substituents is 1.